The van der Waals surface area contributed by atoms with Crippen LogP contribution in [0.2, 0.25) is 0 Å². The van der Waals surface area contributed by atoms with Crippen molar-refractivity contribution in [2.75, 3.05) is 5.32 Å². The number of benzene rings is 1. The molecule has 3 rings (SSSR count). The van der Waals surface area contributed by atoms with Gasteiger partial charge < -0.3 is 5.32 Å². The first-order valence-corrected chi connectivity index (χ1v) is 6.65. The maximum atomic E-state index is 12.1. The lowest BCUT2D eigenvalue weighted by molar-refractivity contribution is -0.118. The van der Waals surface area contributed by atoms with Gasteiger partial charge in [0.1, 0.15) is 0 Å². The average Bonchev–Trinajstić information content (AvgIpc) is 2.64. The molecule has 3 unspecified atom stereocenters. The second kappa shape index (κ2) is 4.17. The number of fused-ring (bicyclic) bond motifs is 1. The molecule has 0 aromatic heterocycles. The zero-order valence-corrected chi connectivity index (χ0v) is 10.3. The number of hydrogen-bond donors (Lipinski definition) is 1. The van der Waals surface area contributed by atoms with Crippen molar-refractivity contribution < 1.29 is 4.79 Å². The number of anilines is 1. The van der Waals surface area contributed by atoms with Crippen molar-refractivity contribution in [3.8, 4) is 0 Å². The van der Waals surface area contributed by atoms with Crippen molar-refractivity contribution in [3.05, 3.63) is 29.8 Å². The molecule has 1 aromatic rings. The number of hydrogen-bond acceptors (Lipinski definition) is 1. The van der Waals surface area contributed by atoms with Crippen molar-refractivity contribution in [1.29, 1.82) is 0 Å². The molecule has 0 spiro atoms. The van der Waals surface area contributed by atoms with Gasteiger partial charge in [0.15, 0.2) is 0 Å². The monoisotopic (exact) mass is 229 g/mol. The van der Waals surface area contributed by atoms with Crippen LogP contribution in [0.1, 0.15) is 44.1 Å². The minimum Gasteiger partial charge on any atom is -0.325 e. The standard InChI is InChI=1S/C15H19NO/c1-10-5-4-6-11(9-10)14-12-7-2-3-8-13(12)16-15(14)17/h2-3,7-8,10-11,14H,4-6,9H2,1H3,(H,16,17). The van der Waals surface area contributed by atoms with Crippen molar-refractivity contribution in [2.24, 2.45) is 11.8 Å². The molecule has 1 aliphatic heterocycles. The highest BCUT2D eigenvalue weighted by Crippen LogP contribution is 2.44. The topological polar surface area (TPSA) is 29.1 Å². The Hall–Kier alpha value is -1.31. The Morgan fingerprint density at radius 2 is 2.06 bits per heavy atom. The largest absolute Gasteiger partial charge is 0.325 e. The Morgan fingerprint density at radius 3 is 2.88 bits per heavy atom. The van der Waals surface area contributed by atoms with Gasteiger partial charge in [-0.05, 0) is 36.3 Å². The SMILES string of the molecule is CC1CCCC(C2C(=O)Nc3ccccc32)C1. The zero-order chi connectivity index (χ0) is 11.8. The van der Waals surface area contributed by atoms with E-state index in [4.69, 9.17) is 0 Å². The molecule has 1 aliphatic carbocycles. The van der Waals surface area contributed by atoms with E-state index in [-0.39, 0.29) is 11.8 Å². The first-order chi connectivity index (χ1) is 8.25. The number of rotatable bonds is 1. The second-order valence-corrected chi connectivity index (χ2v) is 5.59. The van der Waals surface area contributed by atoms with E-state index in [1.54, 1.807) is 0 Å². The number of carbonyl (C=O) groups is 1. The third-order valence-corrected chi connectivity index (χ3v) is 4.28. The molecule has 1 aromatic carbocycles. The van der Waals surface area contributed by atoms with Gasteiger partial charge in [-0.15, -0.1) is 0 Å². The molecular formula is C15H19NO. The minimum atomic E-state index is 0.106. The quantitative estimate of drug-likeness (QED) is 0.784. The highest BCUT2D eigenvalue weighted by Gasteiger charge is 2.37. The molecule has 1 fully saturated rings. The molecule has 3 atom stereocenters. The number of nitrogens with one attached hydrogen (secondary N) is 1. The van der Waals surface area contributed by atoms with E-state index in [1.807, 2.05) is 18.2 Å². The summed E-state index contributed by atoms with van der Waals surface area (Å²) in [7, 11) is 0. The Bertz CT molecular complexity index is 440. The fraction of sp³-hybridized carbons (Fsp3) is 0.533. The normalized spacial score (nSPS) is 32.1. The molecule has 90 valence electrons. The van der Waals surface area contributed by atoms with E-state index >= 15 is 0 Å². The number of carbonyl (C=O) groups excluding carboxylic acids is 1. The van der Waals surface area contributed by atoms with Crippen LogP contribution < -0.4 is 5.32 Å². The summed E-state index contributed by atoms with van der Waals surface area (Å²) in [5.74, 6) is 1.64. The lowest BCUT2D eigenvalue weighted by Gasteiger charge is -2.30. The van der Waals surface area contributed by atoms with Crippen LogP contribution in [0.15, 0.2) is 24.3 Å². The smallest absolute Gasteiger partial charge is 0.232 e. The molecule has 1 saturated carbocycles. The number of amides is 1. The molecule has 0 saturated heterocycles. The summed E-state index contributed by atoms with van der Waals surface area (Å²) < 4.78 is 0. The predicted octanol–water partition coefficient (Wildman–Crippen LogP) is 3.55. The van der Waals surface area contributed by atoms with Crippen LogP contribution in [0.4, 0.5) is 5.69 Å². The van der Waals surface area contributed by atoms with E-state index in [1.165, 1.54) is 31.2 Å². The van der Waals surface area contributed by atoms with E-state index in [2.05, 4.69) is 18.3 Å². The third-order valence-electron chi connectivity index (χ3n) is 4.28. The van der Waals surface area contributed by atoms with Gasteiger partial charge >= 0.3 is 0 Å². The van der Waals surface area contributed by atoms with Crippen LogP contribution in [0.3, 0.4) is 0 Å². The van der Waals surface area contributed by atoms with Crippen LogP contribution in [0.5, 0.6) is 0 Å². The van der Waals surface area contributed by atoms with Crippen LogP contribution in [-0.2, 0) is 4.79 Å². The predicted molar refractivity (Wildman–Crippen MR) is 68.9 cm³/mol. The van der Waals surface area contributed by atoms with Gasteiger partial charge in [-0.2, -0.15) is 0 Å². The Labute approximate surface area is 102 Å². The van der Waals surface area contributed by atoms with Gasteiger partial charge in [0.2, 0.25) is 5.91 Å². The summed E-state index contributed by atoms with van der Waals surface area (Å²) >= 11 is 0. The summed E-state index contributed by atoms with van der Waals surface area (Å²) in [5, 5.41) is 3.02. The molecule has 2 heteroatoms. The maximum absolute atomic E-state index is 12.1. The Morgan fingerprint density at radius 1 is 1.24 bits per heavy atom. The van der Waals surface area contributed by atoms with Crippen LogP contribution in [0, 0.1) is 11.8 Å². The molecule has 2 aliphatic rings. The summed E-state index contributed by atoms with van der Waals surface area (Å²) in [6.07, 6.45) is 5.01. The van der Waals surface area contributed by atoms with Crippen LogP contribution in [0.25, 0.3) is 0 Å². The Kier molecular flexibility index (Phi) is 2.65. The maximum Gasteiger partial charge on any atom is 0.232 e. The van der Waals surface area contributed by atoms with E-state index in [0.29, 0.717) is 5.92 Å². The molecule has 1 heterocycles. The first-order valence-electron chi connectivity index (χ1n) is 6.65. The molecule has 2 nitrogen and oxygen atoms in total. The van der Waals surface area contributed by atoms with Crippen molar-refractivity contribution >= 4 is 11.6 Å². The molecular weight excluding hydrogens is 210 g/mol. The average molecular weight is 229 g/mol. The van der Waals surface area contributed by atoms with Crippen molar-refractivity contribution in [1.82, 2.24) is 0 Å². The summed E-state index contributed by atoms with van der Waals surface area (Å²) in [6, 6.07) is 8.15. The van der Waals surface area contributed by atoms with Crippen molar-refractivity contribution in [2.45, 2.75) is 38.5 Å². The molecule has 0 radical (unpaired) electrons. The summed E-state index contributed by atoms with van der Waals surface area (Å²) in [6.45, 7) is 2.31. The van der Waals surface area contributed by atoms with E-state index < -0.39 is 0 Å². The summed E-state index contributed by atoms with van der Waals surface area (Å²) in [4.78, 5) is 12.1. The van der Waals surface area contributed by atoms with E-state index in [9.17, 15) is 4.79 Å². The van der Waals surface area contributed by atoms with Gasteiger partial charge in [0, 0.05) is 5.69 Å². The molecule has 1 amide bonds. The van der Waals surface area contributed by atoms with Gasteiger partial charge in [-0.25, -0.2) is 0 Å². The highest BCUT2D eigenvalue weighted by atomic mass is 16.2. The fourth-order valence-corrected chi connectivity index (χ4v) is 3.49. The van der Waals surface area contributed by atoms with Gasteiger partial charge in [0.05, 0.1) is 5.92 Å². The van der Waals surface area contributed by atoms with Crippen LogP contribution in [-0.4, -0.2) is 5.91 Å². The molecule has 17 heavy (non-hydrogen) atoms. The fourth-order valence-electron chi connectivity index (χ4n) is 3.49. The van der Waals surface area contributed by atoms with Crippen LogP contribution >= 0.6 is 0 Å². The lowest BCUT2D eigenvalue weighted by Crippen LogP contribution is -2.25. The molecule has 1 N–H and O–H groups in total. The Balaban J connectivity index is 1.90. The van der Waals surface area contributed by atoms with E-state index in [0.717, 1.165) is 11.6 Å². The van der Waals surface area contributed by atoms with Gasteiger partial charge in [0.25, 0.3) is 0 Å². The zero-order valence-electron chi connectivity index (χ0n) is 10.3. The minimum absolute atomic E-state index is 0.106. The van der Waals surface area contributed by atoms with Gasteiger partial charge in [-0.3, -0.25) is 4.79 Å². The second-order valence-electron chi connectivity index (χ2n) is 5.59. The van der Waals surface area contributed by atoms with Gasteiger partial charge in [-0.1, -0.05) is 38.0 Å². The highest BCUT2D eigenvalue weighted by molar-refractivity contribution is 6.03. The molecule has 0 bridgehead atoms. The van der Waals surface area contributed by atoms with Crippen molar-refractivity contribution in [3.63, 3.8) is 0 Å². The summed E-state index contributed by atoms with van der Waals surface area (Å²) in [5.41, 5.74) is 2.25. The lowest BCUT2D eigenvalue weighted by atomic mass is 9.74. The third kappa shape index (κ3) is 1.86. The first kappa shape index (κ1) is 10.8. The number of para-hydroxylation sites is 1.